The lowest BCUT2D eigenvalue weighted by molar-refractivity contribution is -0.147. The first-order valence-electron chi connectivity index (χ1n) is 9.41. The number of ether oxygens (including phenoxy) is 3. The average molecular weight is 421 g/mol. The van der Waals surface area contributed by atoms with Crippen LogP contribution in [0.3, 0.4) is 0 Å². The van der Waals surface area contributed by atoms with Gasteiger partial charge in [-0.15, -0.1) is 0 Å². The Labute approximate surface area is 175 Å². The van der Waals surface area contributed by atoms with Crippen LogP contribution in [0.15, 0.2) is 18.2 Å². The smallest absolute Gasteiger partial charge is 0.326 e. The molecule has 0 atom stereocenters. The van der Waals surface area contributed by atoms with Crippen molar-refractivity contribution in [1.82, 2.24) is 14.7 Å². The fraction of sp³-hybridized carbons (Fsp3) is 0.500. The van der Waals surface area contributed by atoms with E-state index in [9.17, 15) is 19.2 Å². The van der Waals surface area contributed by atoms with Crippen LogP contribution in [-0.2, 0) is 25.7 Å². The zero-order valence-corrected chi connectivity index (χ0v) is 17.7. The van der Waals surface area contributed by atoms with Crippen molar-refractivity contribution >= 4 is 23.8 Å². The molecule has 1 aliphatic rings. The van der Waals surface area contributed by atoms with Crippen molar-refractivity contribution in [3.8, 4) is 11.5 Å². The second-order valence-corrected chi connectivity index (χ2v) is 6.83. The number of urea groups is 1. The summed E-state index contributed by atoms with van der Waals surface area (Å²) in [7, 11) is 5.84. The predicted molar refractivity (Wildman–Crippen MR) is 106 cm³/mol. The second kappa shape index (κ2) is 10.5. The lowest BCUT2D eigenvalue weighted by Crippen LogP contribution is -2.37. The SMILES string of the molecule is COC(=O)CN(Cc1cc(OC)cc(OC)c1)C(=O)CCCN1C(=O)CN(C)C1=O. The van der Waals surface area contributed by atoms with Gasteiger partial charge in [-0.2, -0.15) is 0 Å². The largest absolute Gasteiger partial charge is 0.497 e. The molecule has 4 amide bonds. The lowest BCUT2D eigenvalue weighted by Gasteiger charge is -2.23. The monoisotopic (exact) mass is 421 g/mol. The van der Waals surface area contributed by atoms with Gasteiger partial charge in [0.05, 0.1) is 21.3 Å². The Hall–Kier alpha value is -3.30. The second-order valence-electron chi connectivity index (χ2n) is 6.83. The molecule has 10 heteroatoms. The van der Waals surface area contributed by atoms with E-state index in [2.05, 4.69) is 0 Å². The average Bonchev–Trinajstić information content (AvgIpc) is 2.98. The fourth-order valence-corrected chi connectivity index (χ4v) is 3.07. The molecular formula is C20H27N3O7. The van der Waals surface area contributed by atoms with Crippen molar-refractivity contribution in [2.24, 2.45) is 0 Å². The van der Waals surface area contributed by atoms with Crippen LogP contribution in [0.25, 0.3) is 0 Å². The molecule has 30 heavy (non-hydrogen) atoms. The van der Waals surface area contributed by atoms with E-state index < -0.39 is 5.97 Å². The molecule has 0 spiro atoms. The Morgan fingerprint density at radius 1 is 1.07 bits per heavy atom. The maximum absolute atomic E-state index is 12.8. The zero-order chi connectivity index (χ0) is 22.3. The van der Waals surface area contributed by atoms with E-state index in [1.807, 2.05) is 0 Å². The normalized spacial score (nSPS) is 13.5. The highest BCUT2D eigenvalue weighted by Crippen LogP contribution is 2.23. The van der Waals surface area contributed by atoms with Crippen molar-refractivity contribution in [2.75, 3.05) is 48.0 Å². The topological polar surface area (TPSA) is 106 Å². The number of imide groups is 1. The number of amides is 4. The number of carbonyl (C=O) groups is 4. The van der Waals surface area contributed by atoms with Crippen LogP contribution >= 0.6 is 0 Å². The van der Waals surface area contributed by atoms with Crippen LogP contribution in [0, 0.1) is 0 Å². The third-order valence-corrected chi connectivity index (χ3v) is 4.69. The van der Waals surface area contributed by atoms with Crippen LogP contribution in [0.2, 0.25) is 0 Å². The van der Waals surface area contributed by atoms with Gasteiger partial charge in [0.15, 0.2) is 0 Å². The molecule has 0 unspecified atom stereocenters. The summed E-state index contributed by atoms with van der Waals surface area (Å²) < 4.78 is 15.2. The number of esters is 1. The van der Waals surface area contributed by atoms with Crippen molar-refractivity contribution in [3.05, 3.63) is 23.8 Å². The quantitative estimate of drug-likeness (QED) is 0.408. The van der Waals surface area contributed by atoms with Gasteiger partial charge in [-0.1, -0.05) is 0 Å². The van der Waals surface area contributed by atoms with E-state index in [-0.39, 0.29) is 50.4 Å². The van der Waals surface area contributed by atoms with Gasteiger partial charge in [0.25, 0.3) is 0 Å². The first-order chi connectivity index (χ1) is 14.3. The summed E-state index contributed by atoms with van der Waals surface area (Å²) in [6.07, 6.45) is 0.363. The maximum Gasteiger partial charge on any atom is 0.326 e. The first kappa shape index (κ1) is 23.0. The summed E-state index contributed by atoms with van der Waals surface area (Å²) in [6, 6.07) is 4.83. The molecule has 1 aromatic carbocycles. The van der Waals surface area contributed by atoms with E-state index in [4.69, 9.17) is 14.2 Å². The minimum atomic E-state index is -0.551. The van der Waals surface area contributed by atoms with Gasteiger partial charge in [0.1, 0.15) is 24.6 Å². The minimum Gasteiger partial charge on any atom is -0.497 e. The molecule has 0 saturated carbocycles. The standard InChI is InChI=1S/C20H27N3O7/c1-21-12-18(25)23(20(21)27)7-5-6-17(24)22(13-19(26)30-4)11-14-8-15(28-2)10-16(9-14)29-3/h8-10H,5-7,11-13H2,1-4H3. The van der Waals surface area contributed by atoms with Crippen LogP contribution in [0.5, 0.6) is 11.5 Å². The van der Waals surface area contributed by atoms with Gasteiger partial charge >= 0.3 is 12.0 Å². The number of rotatable bonds is 10. The van der Waals surface area contributed by atoms with E-state index >= 15 is 0 Å². The zero-order valence-electron chi connectivity index (χ0n) is 17.7. The molecule has 1 saturated heterocycles. The summed E-state index contributed by atoms with van der Waals surface area (Å²) in [5.74, 6) is -0.0146. The van der Waals surface area contributed by atoms with Crippen molar-refractivity contribution in [3.63, 3.8) is 0 Å². The molecule has 0 aliphatic carbocycles. The van der Waals surface area contributed by atoms with Crippen LogP contribution in [-0.4, -0.2) is 86.5 Å². The number of nitrogens with zero attached hydrogens (tertiary/aromatic N) is 3. The molecule has 2 rings (SSSR count). The van der Waals surface area contributed by atoms with Crippen molar-refractivity contribution < 1.29 is 33.4 Å². The number of carbonyl (C=O) groups excluding carboxylic acids is 4. The highest BCUT2D eigenvalue weighted by atomic mass is 16.5. The number of hydrogen-bond acceptors (Lipinski definition) is 7. The lowest BCUT2D eigenvalue weighted by atomic mass is 10.1. The number of hydrogen-bond donors (Lipinski definition) is 0. The third-order valence-electron chi connectivity index (χ3n) is 4.69. The molecule has 0 bridgehead atoms. The summed E-state index contributed by atoms with van der Waals surface area (Å²) in [6.45, 7) is 0.108. The van der Waals surface area contributed by atoms with Gasteiger partial charge < -0.3 is 24.0 Å². The molecule has 1 fully saturated rings. The molecule has 10 nitrogen and oxygen atoms in total. The molecule has 1 aromatic rings. The summed E-state index contributed by atoms with van der Waals surface area (Å²) in [4.78, 5) is 52.1. The van der Waals surface area contributed by atoms with Gasteiger partial charge in [-0.3, -0.25) is 19.3 Å². The Balaban J connectivity index is 2.05. The molecule has 0 N–H and O–H groups in total. The van der Waals surface area contributed by atoms with Crippen LogP contribution in [0.4, 0.5) is 4.79 Å². The molecule has 164 valence electrons. The number of likely N-dealkylation sites (N-methyl/N-ethyl adjacent to an activating group) is 1. The molecule has 0 aromatic heterocycles. The Bertz CT molecular complexity index is 789. The van der Waals surface area contributed by atoms with E-state index in [0.29, 0.717) is 17.9 Å². The number of benzene rings is 1. The first-order valence-corrected chi connectivity index (χ1v) is 9.41. The Kier molecular flexibility index (Phi) is 8.02. The summed E-state index contributed by atoms with van der Waals surface area (Å²) >= 11 is 0. The minimum absolute atomic E-state index is 0.0406. The summed E-state index contributed by atoms with van der Waals surface area (Å²) in [5, 5.41) is 0. The Morgan fingerprint density at radius 3 is 2.20 bits per heavy atom. The maximum atomic E-state index is 12.8. The Morgan fingerprint density at radius 2 is 1.70 bits per heavy atom. The van der Waals surface area contributed by atoms with Crippen LogP contribution in [0.1, 0.15) is 18.4 Å². The van der Waals surface area contributed by atoms with Crippen molar-refractivity contribution in [1.29, 1.82) is 0 Å². The molecule has 0 radical (unpaired) electrons. The molecule has 1 aliphatic heterocycles. The fourth-order valence-electron chi connectivity index (χ4n) is 3.07. The van der Waals surface area contributed by atoms with E-state index in [1.165, 1.54) is 31.1 Å². The van der Waals surface area contributed by atoms with Gasteiger partial charge in [0, 0.05) is 32.6 Å². The predicted octanol–water partition coefficient (Wildman–Crippen LogP) is 0.880. The molecule has 1 heterocycles. The highest BCUT2D eigenvalue weighted by molar-refractivity contribution is 6.01. The van der Waals surface area contributed by atoms with Crippen LogP contribution < -0.4 is 9.47 Å². The van der Waals surface area contributed by atoms with Gasteiger partial charge in [-0.05, 0) is 24.1 Å². The van der Waals surface area contributed by atoms with Gasteiger partial charge in [0.2, 0.25) is 11.8 Å². The highest BCUT2D eigenvalue weighted by Gasteiger charge is 2.33. The molecular weight excluding hydrogens is 394 g/mol. The number of methoxy groups -OCH3 is 3. The van der Waals surface area contributed by atoms with Gasteiger partial charge in [-0.25, -0.2) is 4.79 Å². The summed E-state index contributed by atoms with van der Waals surface area (Å²) in [5.41, 5.74) is 0.718. The third kappa shape index (κ3) is 5.85. The van der Waals surface area contributed by atoms with Crippen molar-refractivity contribution in [2.45, 2.75) is 19.4 Å². The van der Waals surface area contributed by atoms with E-state index in [0.717, 1.165) is 10.5 Å². The van der Waals surface area contributed by atoms with E-state index in [1.54, 1.807) is 25.2 Å².